The molecule has 0 saturated heterocycles. The normalized spacial score (nSPS) is 16.7. The Bertz CT molecular complexity index is 867. The third kappa shape index (κ3) is 3.62. The largest absolute Gasteiger partial charge is 0.392 e. The van der Waals surface area contributed by atoms with Crippen LogP contribution in [0.5, 0.6) is 0 Å². The molecule has 2 aromatic rings. The molecule has 1 aromatic carbocycles. The van der Waals surface area contributed by atoms with Gasteiger partial charge in [-0.25, -0.2) is 0 Å². The van der Waals surface area contributed by atoms with Crippen LogP contribution in [0.15, 0.2) is 54.5 Å². The van der Waals surface area contributed by atoms with Crippen LogP contribution in [0, 0.1) is 0 Å². The molecule has 6 heteroatoms. The highest BCUT2D eigenvalue weighted by atomic mass is 35.5. The first kappa shape index (κ1) is 17.3. The van der Waals surface area contributed by atoms with Gasteiger partial charge in [-0.3, -0.25) is 4.79 Å². The van der Waals surface area contributed by atoms with Crippen molar-refractivity contribution in [2.24, 2.45) is 0 Å². The lowest BCUT2D eigenvalue weighted by Crippen LogP contribution is -2.42. The first-order valence-corrected chi connectivity index (χ1v) is 8.36. The molecular formula is C19H20ClN3O2. The van der Waals surface area contributed by atoms with Gasteiger partial charge in [0, 0.05) is 52.9 Å². The average molecular weight is 358 g/mol. The van der Waals surface area contributed by atoms with E-state index in [1.54, 1.807) is 0 Å². The van der Waals surface area contributed by atoms with E-state index in [1.165, 1.54) is 6.92 Å². The first-order valence-electron chi connectivity index (χ1n) is 7.98. The summed E-state index contributed by atoms with van der Waals surface area (Å²) in [4.78, 5) is 11.3. The van der Waals surface area contributed by atoms with Gasteiger partial charge in [0.15, 0.2) is 0 Å². The second-order valence-corrected chi connectivity index (χ2v) is 6.37. The molecule has 0 radical (unpaired) electrons. The Morgan fingerprint density at radius 2 is 2.08 bits per heavy atom. The van der Waals surface area contributed by atoms with E-state index in [1.807, 2.05) is 60.4 Å². The third-order valence-electron chi connectivity index (χ3n) is 4.09. The Morgan fingerprint density at radius 3 is 2.76 bits per heavy atom. The minimum Gasteiger partial charge on any atom is -0.392 e. The molecule has 0 fully saturated rings. The van der Waals surface area contributed by atoms with Gasteiger partial charge >= 0.3 is 0 Å². The Labute approximate surface area is 151 Å². The summed E-state index contributed by atoms with van der Waals surface area (Å²) in [7, 11) is 0. The van der Waals surface area contributed by atoms with Crippen molar-refractivity contribution in [1.29, 1.82) is 0 Å². The van der Waals surface area contributed by atoms with Crippen molar-refractivity contribution >= 4 is 23.2 Å². The van der Waals surface area contributed by atoms with E-state index in [0.717, 1.165) is 28.0 Å². The second kappa shape index (κ2) is 7.17. The number of aliphatic hydroxyl groups excluding tert-OH is 1. The summed E-state index contributed by atoms with van der Waals surface area (Å²) in [6.07, 6.45) is 7.36. The Morgan fingerprint density at radius 1 is 1.32 bits per heavy atom. The number of carbonyl (C=O) groups is 1. The van der Waals surface area contributed by atoms with Gasteiger partial charge in [-0.05, 0) is 24.6 Å². The number of halogens is 1. The van der Waals surface area contributed by atoms with Crippen LogP contribution in [0.25, 0.3) is 16.8 Å². The monoisotopic (exact) mass is 357 g/mol. The number of benzene rings is 1. The predicted molar refractivity (Wildman–Crippen MR) is 99.6 cm³/mol. The molecule has 130 valence electrons. The van der Waals surface area contributed by atoms with Gasteiger partial charge < -0.3 is 20.3 Å². The number of dihydropyridines is 1. The van der Waals surface area contributed by atoms with Crippen molar-refractivity contribution in [2.75, 3.05) is 0 Å². The fourth-order valence-corrected chi connectivity index (χ4v) is 3.14. The second-order valence-electron chi connectivity index (χ2n) is 5.97. The quantitative estimate of drug-likeness (QED) is 0.787. The maximum atomic E-state index is 11.3. The summed E-state index contributed by atoms with van der Waals surface area (Å²) in [5, 5.41) is 16.3. The van der Waals surface area contributed by atoms with E-state index in [2.05, 4.69) is 10.6 Å². The molecule has 1 aliphatic heterocycles. The van der Waals surface area contributed by atoms with Crippen molar-refractivity contribution < 1.29 is 9.90 Å². The van der Waals surface area contributed by atoms with Gasteiger partial charge in [-0.15, -0.1) is 0 Å². The molecule has 0 saturated carbocycles. The van der Waals surface area contributed by atoms with Crippen molar-refractivity contribution in [3.63, 3.8) is 0 Å². The molecular weight excluding hydrogens is 338 g/mol. The van der Waals surface area contributed by atoms with E-state index >= 15 is 0 Å². The summed E-state index contributed by atoms with van der Waals surface area (Å²) in [6, 6.07) is 7.56. The molecule has 25 heavy (non-hydrogen) atoms. The van der Waals surface area contributed by atoms with Crippen LogP contribution in [0.2, 0.25) is 5.02 Å². The number of aromatic nitrogens is 1. The average Bonchev–Trinajstić information content (AvgIpc) is 3.00. The number of amides is 1. The molecule has 3 N–H and O–H groups in total. The maximum absolute atomic E-state index is 11.3. The van der Waals surface area contributed by atoms with Crippen molar-refractivity contribution in [3.8, 4) is 11.1 Å². The highest BCUT2D eigenvalue weighted by molar-refractivity contribution is 6.33. The molecule has 1 unspecified atom stereocenters. The summed E-state index contributed by atoms with van der Waals surface area (Å²) in [5.41, 5.74) is 4.51. The van der Waals surface area contributed by atoms with Crippen LogP contribution in [0.1, 0.15) is 19.4 Å². The van der Waals surface area contributed by atoms with Crippen LogP contribution in [0.4, 0.5) is 0 Å². The summed E-state index contributed by atoms with van der Waals surface area (Å²) in [6.45, 7) is 3.38. The molecule has 5 nitrogen and oxygen atoms in total. The van der Waals surface area contributed by atoms with E-state index in [4.69, 9.17) is 11.6 Å². The molecule has 1 amide bonds. The van der Waals surface area contributed by atoms with E-state index in [-0.39, 0.29) is 18.7 Å². The van der Waals surface area contributed by atoms with Crippen molar-refractivity contribution in [1.82, 2.24) is 15.2 Å². The summed E-state index contributed by atoms with van der Waals surface area (Å²) in [5.74, 6) is -0.110. The fraction of sp³-hybridized carbons (Fsp3) is 0.211. The molecule has 3 rings (SSSR count). The van der Waals surface area contributed by atoms with Crippen LogP contribution in [-0.2, 0) is 11.4 Å². The maximum Gasteiger partial charge on any atom is 0.218 e. The molecule has 0 aliphatic carbocycles. The summed E-state index contributed by atoms with van der Waals surface area (Å²) < 4.78 is 1.95. The number of hydrogen-bond donors (Lipinski definition) is 3. The third-order valence-corrected chi connectivity index (χ3v) is 4.42. The lowest BCUT2D eigenvalue weighted by Gasteiger charge is -2.23. The fourth-order valence-electron chi connectivity index (χ4n) is 2.90. The van der Waals surface area contributed by atoms with Gasteiger partial charge in [0.25, 0.3) is 0 Å². The van der Waals surface area contributed by atoms with E-state index in [0.29, 0.717) is 5.02 Å². The Balaban J connectivity index is 2.03. The van der Waals surface area contributed by atoms with Gasteiger partial charge in [-0.2, -0.15) is 0 Å². The van der Waals surface area contributed by atoms with E-state index < -0.39 is 0 Å². The topological polar surface area (TPSA) is 66.3 Å². The number of nitrogens with one attached hydrogen (secondary N) is 2. The number of nitrogens with zero attached hydrogens (tertiary/aromatic N) is 1. The molecule has 2 heterocycles. The van der Waals surface area contributed by atoms with Crippen LogP contribution >= 0.6 is 11.6 Å². The molecule has 1 aromatic heterocycles. The molecule has 1 atom stereocenters. The minimum atomic E-state index is -0.278. The Kier molecular flexibility index (Phi) is 4.97. The Hall–Kier alpha value is -2.50. The van der Waals surface area contributed by atoms with E-state index in [9.17, 15) is 9.90 Å². The van der Waals surface area contributed by atoms with Gasteiger partial charge in [-0.1, -0.05) is 29.8 Å². The smallest absolute Gasteiger partial charge is 0.218 e. The molecule has 0 bridgehead atoms. The van der Waals surface area contributed by atoms with Gasteiger partial charge in [0.05, 0.1) is 6.61 Å². The zero-order chi connectivity index (χ0) is 18.0. The SMILES string of the molecule is CC(=O)NC1C=C(n2cc(CO)c(-c3ccccc3Cl)c2)C(C)=CN1. The van der Waals surface area contributed by atoms with Crippen molar-refractivity contribution in [3.05, 3.63) is 65.1 Å². The van der Waals surface area contributed by atoms with Crippen LogP contribution in [-0.4, -0.2) is 21.7 Å². The number of carbonyl (C=O) groups excluding carboxylic acids is 1. The number of allylic oxidation sites excluding steroid dienone is 2. The highest BCUT2D eigenvalue weighted by Crippen LogP contribution is 2.33. The van der Waals surface area contributed by atoms with Crippen LogP contribution in [0.3, 0.4) is 0 Å². The van der Waals surface area contributed by atoms with Gasteiger partial charge in [0.1, 0.15) is 6.17 Å². The lowest BCUT2D eigenvalue weighted by molar-refractivity contribution is -0.119. The number of hydrogen-bond acceptors (Lipinski definition) is 3. The first-order chi connectivity index (χ1) is 12.0. The van der Waals surface area contributed by atoms with Crippen LogP contribution < -0.4 is 10.6 Å². The standard InChI is InChI=1S/C19H20ClN3O2/c1-12-8-21-19(22-13(2)25)7-18(12)23-9-14(11-24)16(10-23)15-5-3-4-6-17(15)20/h3-10,19,21,24H,11H2,1-2H3,(H,22,25). The molecule has 1 aliphatic rings. The molecule has 0 spiro atoms. The zero-order valence-electron chi connectivity index (χ0n) is 14.1. The zero-order valence-corrected chi connectivity index (χ0v) is 14.8. The number of aliphatic hydroxyl groups is 1. The minimum absolute atomic E-state index is 0.0863. The predicted octanol–water partition coefficient (Wildman–Crippen LogP) is 3.11. The highest BCUT2D eigenvalue weighted by Gasteiger charge is 2.17. The number of rotatable bonds is 4. The lowest BCUT2D eigenvalue weighted by atomic mass is 10.1. The van der Waals surface area contributed by atoms with Gasteiger partial charge in [0.2, 0.25) is 5.91 Å². The van der Waals surface area contributed by atoms with Crippen molar-refractivity contribution in [2.45, 2.75) is 26.6 Å². The summed E-state index contributed by atoms with van der Waals surface area (Å²) >= 11 is 6.32.